The molecule has 1 atom stereocenters. The lowest BCUT2D eigenvalue weighted by molar-refractivity contribution is -0.120. The van der Waals surface area contributed by atoms with E-state index >= 15 is 0 Å². The molecule has 0 aliphatic carbocycles. The Bertz CT molecular complexity index is 762. The summed E-state index contributed by atoms with van der Waals surface area (Å²) in [5, 5.41) is 4.86. The topological polar surface area (TPSA) is 89.5 Å². The molecule has 2 aromatic heterocycles. The van der Waals surface area contributed by atoms with Crippen molar-refractivity contribution in [2.24, 2.45) is 11.7 Å². The van der Waals surface area contributed by atoms with Crippen LogP contribution in [0.4, 0.5) is 0 Å². The first-order valence-electron chi connectivity index (χ1n) is 7.87. The highest BCUT2D eigenvalue weighted by atomic mass is 35.5. The Kier molecular flexibility index (Phi) is 8.40. The van der Waals surface area contributed by atoms with Gasteiger partial charge in [-0.25, -0.2) is 4.98 Å². The fraction of sp³-hybridized carbons (Fsp3) is 0.562. The van der Waals surface area contributed by atoms with Gasteiger partial charge in [0.25, 0.3) is 5.56 Å². The minimum Gasteiger partial charge on any atom is -0.349 e. The lowest BCUT2D eigenvalue weighted by atomic mass is 9.91. The van der Waals surface area contributed by atoms with Gasteiger partial charge in [0.05, 0.1) is 11.4 Å². The summed E-state index contributed by atoms with van der Waals surface area (Å²) < 4.78 is 1.52. The van der Waals surface area contributed by atoms with E-state index in [9.17, 15) is 9.59 Å². The predicted molar refractivity (Wildman–Crippen MR) is 108 cm³/mol. The minimum atomic E-state index is -0.376. The minimum absolute atomic E-state index is 0. The van der Waals surface area contributed by atoms with Gasteiger partial charge in [0.2, 0.25) is 5.91 Å². The molecule has 3 N–H and O–H groups in total. The molecule has 0 saturated carbocycles. The zero-order valence-electron chi connectivity index (χ0n) is 14.7. The number of fused-ring (bicyclic) bond motifs is 1. The first kappa shape index (κ1) is 22.0. The number of thioether (sulfide) groups is 1. The first-order chi connectivity index (χ1) is 11.3. The fourth-order valence-electron chi connectivity index (χ4n) is 2.67. The van der Waals surface area contributed by atoms with E-state index in [1.807, 2.05) is 12.3 Å². The molecular formula is C16H25ClN4O2S2. The van der Waals surface area contributed by atoms with Crippen LogP contribution in [-0.4, -0.2) is 33.1 Å². The number of amides is 1. The molecule has 6 nitrogen and oxygen atoms in total. The quantitative estimate of drug-likeness (QED) is 0.704. The lowest BCUT2D eigenvalue weighted by Gasteiger charge is -2.31. The highest BCUT2D eigenvalue weighted by Crippen LogP contribution is 2.16. The molecule has 140 valence electrons. The van der Waals surface area contributed by atoms with E-state index in [4.69, 9.17) is 5.73 Å². The Morgan fingerprint density at radius 1 is 1.52 bits per heavy atom. The molecule has 0 aromatic carbocycles. The number of aromatic nitrogens is 2. The Morgan fingerprint density at radius 3 is 2.88 bits per heavy atom. The smallest absolute Gasteiger partial charge is 0.258 e. The van der Waals surface area contributed by atoms with Gasteiger partial charge in [-0.1, -0.05) is 13.8 Å². The van der Waals surface area contributed by atoms with Gasteiger partial charge in [-0.3, -0.25) is 14.0 Å². The van der Waals surface area contributed by atoms with E-state index in [1.165, 1.54) is 33.6 Å². The number of halogens is 1. The lowest BCUT2D eigenvalue weighted by Crippen LogP contribution is -2.52. The van der Waals surface area contributed by atoms with E-state index in [1.54, 1.807) is 6.20 Å². The van der Waals surface area contributed by atoms with Crippen molar-refractivity contribution < 1.29 is 4.79 Å². The van der Waals surface area contributed by atoms with Crippen LogP contribution >= 0.6 is 35.5 Å². The van der Waals surface area contributed by atoms with Crippen LogP contribution in [0.5, 0.6) is 0 Å². The maximum Gasteiger partial charge on any atom is 0.258 e. The van der Waals surface area contributed by atoms with Crippen molar-refractivity contribution in [3.8, 4) is 0 Å². The maximum absolute atomic E-state index is 12.2. The van der Waals surface area contributed by atoms with Gasteiger partial charge < -0.3 is 11.1 Å². The molecule has 25 heavy (non-hydrogen) atoms. The van der Waals surface area contributed by atoms with Gasteiger partial charge in [0, 0.05) is 35.5 Å². The van der Waals surface area contributed by atoms with Crippen LogP contribution in [0.15, 0.2) is 22.4 Å². The number of carbonyl (C=O) groups is 1. The third-order valence-electron chi connectivity index (χ3n) is 3.59. The maximum atomic E-state index is 12.2. The van der Waals surface area contributed by atoms with Crippen LogP contribution in [0.25, 0.3) is 4.96 Å². The van der Waals surface area contributed by atoms with Crippen molar-refractivity contribution >= 4 is 46.4 Å². The van der Waals surface area contributed by atoms with Gasteiger partial charge in [0.1, 0.15) is 0 Å². The van der Waals surface area contributed by atoms with E-state index in [-0.39, 0.29) is 29.4 Å². The Labute approximate surface area is 162 Å². The molecule has 2 aromatic rings. The van der Waals surface area contributed by atoms with Crippen LogP contribution in [0, 0.1) is 5.92 Å². The second-order valence-electron chi connectivity index (χ2n) is 6.55. The summed E-state index contributed by atoms with van der Waals surface area (Å²) in [6, 6.07) is 1.52. The largest absolute Gasteiger partial charge is 0.349 e. The summed E-state index contributed by atoms with van der Waals surface area (Å²) in [5.74, 6) is 1.27. The number of thiazole rings is 1. The molecule has 0 aliphatic rings. The average molecular weight is 405 g/mol. The summed E-state index contributed by atoms with van der Waals surface area (Å²) >= 11 is 2.87. The summed E-state index contributed by atoms with van der Waals surface area (Å²) in [7, 11) is 0. The second kappa shape index (κ2) is 9.56. The SMILES string of the molecule is CC(C)CC(C)(CN)NC(=O)CSCc1cc(=O)n2ccsc2n1.Cl. The Morgan fingerprint density at radius 2 is 2.24 bits per heavy atom. The molecule has 1 amide bonds. The number of hydrogen-bond acceptors (Lipinski definition) is 6. The van der Waals surface area contributed by atoms with Crippen LogP contribution < -0.4 is 16.6 Å². The molecule has 1 unspecified atom stereocenters. The summed E-state index contributed by atoms with van der Waals surface area (Å²) in [5.41, 5.74) is 6.05. The highest BCUT2D eigenvalue weighted by molar-refractivity contribution is 7.99. The monoisotopic (exact) mass is 404 g/mol. The Balaban J connectivity index is 0.00000312. The zero-order chi connectivity index (χ0) is 17.7. The van der Waals surface area contributed by atoms with Crippen LogP contribution in [0.2, 0.25) is 0 Å². The standard InChI is InChI=1S/C16H24N4O2S2.ClH/c1-11(2)7-16(3,10-17)19-13(21)9-23-8-12-6-14(22)20-4-5-24-15(20)18-12;/h4-6,11H,7-10,17H2,1-3H3,(H,19,21);1H. The predicted octanol–water partition coefficient (Wildman–Crippen LogP) is 2.29. The summed E-state index contributed by atoms with van der Waals surface area (Å²) in [6.45, 7) is 6.61. The van der Waals surface area contributed by atoms with Crippen molar-refractivity contribution in [2.75, 3.05) is 12.3 Å². The number of nitrogens with zero attached hydrogens (tertiary/aromatic N) is 2. The number of nitrogens with one attached hydrogen (secondary N) is 1. The van der Waals surface area contributed by atoms with Gasteiger partial charge in [-0.15, -0.1) is 35.5 Å². The summed E-state index contributed by atoms with van der Waals surface area (Å²) in [6.07, 6.45) is 2.55. The van der Waals surface area contributed by atoms with Gasteiger partial charge in [0.15, 0.2) is 4.96 Å². The molecule has 0 bridgehead atoms. The van der Waals surface area contributed by atoms with Gasteiger partial charge in [-0.05, 0) is 19.3 Å². The van der Waals surface area contributed by atoms with E-state index in [0.29, 0.717) is 34.6 Å². The van der Waals surface area contributed by atoms with E-state index in [2.05, 4.69) is 24.1 Å². The number of carbonyl (C=O) groups excluding carboxylic acids is 1. The third-order valence-corrected chi connectivity index (χ3v) is 5.31. The molecule has 2 rings (SSSR count). The van der Waals surface area contributed by atoms with E-state index in [0.717, 1.165) is 6.42 Å². The Hall–Kier alpha value is -1.09. The van der Waals surface area contributed by atoms with Gasteiger partial charge in [-0.2, -0.15) is 0 Å². The van der Waals surface area contributed by atoms with Crippen molar-refractivity contribution in [1.82, 2.24) is 14.7 Å². The van der Waals surface area contributed by atoms with E-state index < -0.39 is 0 Å². The highest BCUT2D eigenvalue weighted by Gasteiger charge is 2.25. The van der Waals surface area contributed by atoms with Crippen molar-refractivity contribution in [2.45, 2.75) is 38.5 Å². The molecule has 0 spiro atoms. The normalized spacial score (nSPS) is 13.5. The van der Waals surface area contributed by atoms with Gasteiger partial charge >= 0.3 is 0 Å². The third kappa shape index (κ3) is 6.29. The van der Waals surface area contributed by atoms with Crippen molar-refractivity contribution in [1.29, 1.82) is 0 Å². The fourth-order valence-corrected chi connectivity index (χ4v) is 4.12. The molecule has 9 heteroatoms. The molecule has 0 radical (unpaired) electrons. The average Bonchev–Trinajstić information content (AvgIpc) is 2.95. The van der Waals surface area contributed by atoms with Crippen LogP contribution in [0.3, 0.4) is 0 Å². The number of hydrogen-bond donors (Lipinski definition) is 2. The van der Waals surface area contributed by atoms with Crippen molar-refractivity contribution in [3.05, 3.63) is 33.7 Å². The zero-order valence-corrected chi connectivity index (χ0v) is 17.1. The van der Waals surface area contributed by atoms with Crippen LogP contribution in [0.1, 0.15) is 32.9 Å². The van der Waals surface area contributed by atoms with Crippen molar-refractivity contribution in [3.63, 3.8) is 0 Å². The number of nitrogens with two attached hydrogens (primary N) is 1. The molecule has 0 saturated heterocycles. The molecule has 0 aliphatic heterocycles. The first-order valence-corrected chi connectivity index (χ1v) is 9.91. The molecule has 2 heterocycles. The molecule has 0 fully saturated rings. The molecular weight excluding hydrogens is 380 g/mol. The summed E-state index contributed by atoms with van der Waals surface area (Å²) in [4.78, 5) is 29.2. The van der Waals surface area contributed by atoms with Crippen LogP contribution in [-0.2, 0) is 10.5 Å². The number of rotatable bonds is 8. The second-order valence-corrected chi connectivity index (χ2v) is 8.40.